The highest BCUT2D eigenvalue weighted by atomic mass is 16.5. The molecule has 8 nitrogen and oxygen atoms in total. The van der Waals surface area contributed by atoms with Gasteiger partial charge in [0.25, 0.3) is 0 Å². The van der Waals surface area contributed by atoms with E-state index in [2.05, 4.69) is 17.0 Å². The molecule has 1 unspecified atom stereocenters. The third-order valence-electron chi connectivity index (χ3n) is 4.10. The number of carboxylic acids is 2. The summed E-state index contributed by atoms with van der Waals surface area (Å²) >= 11 is 0. The van der Waals surface area contributed by atoms with Crippen LogP contribution < -0.4 is 5.73 Å². The second-order valence-corrected chi connectivity index (χ2v) is 6.11. The standard InChI is InChI=1S/C16H22N2O2.C2H2O4/c17-15-3-6-18(12-15)7-10-19-8-4-13-1-2-16-14(11-13)5-9-20-16;3-1(4)2(5)6/h1-2,5,9,11,15H,3-4,6-8,10,12,17H2;(H,3,4)(H,5,6). The molecule has 1 atom stereocenters. The highest BCUT2D eigenvalue weighted by Crippen LogP contribution is 2.17. The first-order valence-electron chi connectivity index (χ1n) is 8.43. The third kappa shape index (κ3) is 6.47. The highest BCUT2D eigenvalue weighted by Gasteiger charge is 2.17. The first-order chi connectivity index (χ1) is 12.5. The number of aliphatic carboxylic acids is 2. The van der Waals surface area contributed by atoms with E-state index in [1.165, 1.54) is 5.56 Å². The van der Waals surface area contributed by atoms with E-state index in [4.69, 9.17) is 34.7 Å². The predicted molar refractivity (Wildman–Crippen MR) is 95.0 cm³/mol. The molecule has 4 N–H and O–H groups in total. The van der Waals surface area contributed by atoms with Crippen LogP contribution >= 0.6 is 0 Å². The summed E-state index contributed by atoms with van der Waals surface area (Å²) in [4.78, 5) is 20.6. The van der Waals surface area contributed by atoms with Gasteiger partial charge in [-0.2, -0.15) is 0 Å². The van der Waals surface area contributed by atoms with Crippen LogP contribution in [0.5, 0.6) is 0 Å². The number of nitrogens with zero attached hydrogens (tertiary/aromatic N) is 1. The molecule has 2 aromatic rings. The van der Waals surface area contributed by atoms with E-state index in [9.17, 15) is 0 Å². The van der Waals surface area contributed by atoms with E-state index in [-0.39, 0.29) is 0 Å². The Hall–Kier alpha value is -2.42. The van der Waals surface area contributed by atoms with Crippen molar-refractivity contribution in [2.24, 2.45) is 5.73 Å². The zero-order valence-electron chi connectivity index (χ0n) is 14.5. The van der Waals surface area contributed by atoms with E-state index in [1.807, 2.05) is 12.1 Å². The summed E-state index contributed by atoms with van der Waals surface area (Å²) in [5.41, 5.74) is 8.12. The number of hydrogen-bond acceptors (Lipinski definition) is 6. The largest absolute Gasteiger partial charge is 0.473 e. The molecule has 1 aromatic carbocycles. The monoisotopic (exact) mass is 364 g/mol. The van der Waals surface area contributed by atoms with Crippen molar-refractivity contribution < 1.29 is 29.0 Å². The van der Waals surface area contributed by atoms with Crippen LogP contribution in [0, 0.1) is 0 Å². The van der Waals surface area contributed by atoms with Crippen LogP contribution in [0.4, 0.5) is 0 Å². The Labute approximate surface area is 151 Å². The van der Waals surface area contributed by atoms with Gasteiger partial charge >= 0.3 is 11.9 Å². The third-order valence-corrected chi connectivity index (χ3v) is 4.10. The predicted octanol–water partition coefficient (Wildman–Crippen LogP) is 1.18. The average molecular weight is 364 g/mol. The molecule has 2 heterocycles. The number of likely N-dealkylation sites (tertiary alicyclic amines) is 1. The van der Waals surface area contributed by atoms with Gasteiger partial charge in [0.1, 0.15) is 5.58 Å². The van der Waals surface area contributed by atoms with Gasteiger partial charge in [0.05, 0.1) is 19.5 Å². The minimum absolute atomic E-state index is 0.358. The van der Waals surface area contributed by atoms with Crippen molar-refractivity contribution in [3.05, 3.63) is 36.1 Å². The zero-order valence-corrected chi connectivity index (χ0v) is 14.5. The van der Waals surface area contributed by atoms with Gasteiger partial charge in [-0.1, -0.05) is 6.07 Å². The molecule has 0 aliphatic carbocycles. The van der Waals surface area contributed by atoms with Gasteiger partial charge in [0.2, 0.25) is 0 Å². The maximum Gasteiger partial charge on any atom is 0.414 e. The molecule has 0 amide bonds. The van der Waals surface area contributed by atoms with E-state index >= 15 is 0 Å². The summed E-state index contributed by atoms with van der Waals surface area (Å²) < 4.78 is 11.1. The molecule has 8 heteroatoms. The molecule has 1 fully saturated rings. The summed E-state index contributed by atoms with van der Waals surface area (Å²) in [6.45, 7) is 4.68. The first kappa shape index (κ1) is 19.9. The van der Waals surface area contributed by atoms with Crippen LogP contribution in [0.25, 0.3) is 11.0 Å². The number of ether oxygens (including phenoxy) is 1. The minimum Gasteiger partial charge on any atom is -0.473 e. The normalized spacial score (nSPS) is 17.0. The first-order valence-corrected chi connectivity index (χ1v) is 8.43. The molecule has 1 aliphatic heterocycles. The van der Waals surface area contributed by atoms with E-state index in [0.29, 0.717) is 6.04 Å². The van der Waals surface area contributed by atoms with Crippen molar-refractivity contribution >= 4 is 22.9 Å². The highest BCUT2D eigenvalue weighted by molar-refractivity contribution is 6.27. The fraction of sp³-hybridized carbons (Fsp3) is 0.444. The lowest BCUT2D eigenvalue weighted by Crippen LogP contribution is -2.29. The van der Waals surface area contributed by atoms with Crippen LogP contribution in [-0.2, 0) is 20.7 Å². The Bertz CT molecular complexity index is 717. The Kier molecular flexibility index (Phi) is 7.58. The molecule has 1 aliphatic rings. The number of rotatable bonds is 6. The molecule has 0 bridgehead atoms. The molecular weight excluding hydrogens is 340 g/mol. The van der Waals surface area contributed by atoms with Gasteiger partial charge in [-0.3, -0.25) is 4.90 Å². The number of carboxylic acid groups (broad SMARTS) is 2. The Morgan fingerprint density at radius 2 is 2.00 bits per heavy atom. The number of hydrogen-bond donors (Lipinski definition) is 3. The molecule has 26 heavy (non-hydrogen) atoms. The molecule has 3 rings (SSSR count). The fourth-order valence-corrected chi connectivity index (χ4v) is 2.72. The number of carbonyl (C=O) groups is 2. The van der Waals surface area contributed by atoms with Crippen molar-refractivity contribution in [2.45, 2.75) is 18.9 Å². The maximum atomic E-state index is 9.10. The van der Waals surface area contributed by atoms with E-state index in [0.717, 1.165) is 56.7 Å². The number of fused-ring (bicyclic) bond motifs is 1. The van der Waals surface area contributed by atoms with Gasteiger partial charge < -0.3 is 25.1 Å². The van der Waals surface area contributed by atoms with Crippen LogP contribution in [0.1, 0.15) is 12.0 Å². The number of furan rings is 1. The second-order valence-electron chi connectivity index (χ2n) is 6.11. The molecule has 0 saturated carbocycles. The Morgan fingerprint density at radius 3 is 2.65 bits per heavy atom. The summed E-state index contributed by atoms with van der Waals surface area (Å²) in [6, 6.07) is 8.65. The lowest BCUT2D eigenvalue weighted by molar-refractivity contribution is -0.159. The van der Waals surface area contributed by atoms with Gasteiger partial charge in [0, 0.05) is 24.5 Å². The molecule has 0 spiro atoms. The number of benzene rings is 1. The Morgan fingerprint density at radius 1 is 1.23 bits per heavy atom. The van der Waals surface area contributed by atoms with Gasteiger partial charge in [-0.05, 0) is 43.1 Å². The van der Waals surface area contributed by atoms with Crippen LogP contribution in [0.3, 0.4) is 0 Å². The van der Waals surface area contributed by atoms with Gasteiger partial charge in [0.15, 0.2) is 0 Å². The lowest BCUT2D eigenvalue weighted by atomic mass is 10.1. The SMILES string of the molecule is NC1CCN(CCOCCc2ccc3occc3c2)C1.O=C(O)C(=O)O. The summed E-state index contributed by atoms with van der Waals surface area (Å²) in [6.07, 6.45) is 3.79. The summed E-state index contributed by atoms with van der Waals surface area (Å²) in [5, 5.41) is 15.9. The van der Waals surface area contributed by atoms with Crippen LogP contribution in [0.2, 0.25) is 0 Å². The second kappa shape index (κ2) is 9.91. The van der Waals surface area contributed by atoms with Crippen molar-refractivity contribution in [1.82, 2.24) is 4.90 Å². The average Bonchev–Trinajstić information content (AvgIpc) is 3.23. The van der Waals surface area contributed by atoms with Gasteiger partial charge in [-0.15, -0.1) is 0 Å². The minimum atomic E-state index is -1.82. The van der Waals surface area contributed by atoms with Crippen molar-refractivity contribution in [3.8, 4) is 0 Å². The molecule has 1 saturated heterocycles. The van der Waals surface area contributed by atoms with Crippen LogP contribution in [-0.4, -0.2) is 65.9 Å². The van der Waals surface area contributed by atoms with Crippen LogP contribution in [0.15, 0.2) is 34.9 Å². The smallest absolute Gasteiger partial charge is 0.414 e. The fourth-order valence-electron chi connectivity index (χ4n) is 2.72. The summed E-state index contributed by atoms with van der Waals surface area (Å²) in [5.74, 6) is -3.65. The topological polar surface area (TPSA) is 126 Å². The van der Waals surface area contributed by atoms with Crippen molar-refractivity contribution in [1.29, 1.82) is 0 Å². The van der Waals surface area contributed by atoms with Crippen molar-refractivity contribution in [3.63, 3.8) is 0 Å². The molecule has 0 radical (unpaired) electrons. The van der Waals surface area contributed by atoms with Gasteiger partial charge in [-0.25, -0.2) is 9.59 Å². The van der Waals surface area contributed by atoms with Crippen molar-refractivity contribution in [2.75, 3.05) is 32.8 Å². The molecular formula is C18H24N2O6. The quantitative estimate of drug-likeness (QED) is 0.515. The lowest BCUT2D eigenvalue weighted by Gasteiger charge is -2.14. The molecule has 1 aromatic heterocycles. The van der Waals surface area contributed by atoms with E-state index in [1.54, 1.807) is 6.26 Å². The maximum absolute atomic E-state index is 9.10. The Balaban J connectivity index is 0.000000352. The number of nitrogens with two attached hydrogens (primary N) is 1. The summed E-state index contributed by atoms with van der Waals surface area (Å²) in [7, 11) is 0. The zero-order chi connectivity index (χ0) is 18.9. The molecule has 142 valence electrons. The van der Waals surface area contributed by atoms with E-state index < -0.39 is 11.9 Å².